The van der Waals surface area contributed by atoms with Crippen molar-refractivity contribution in [3.8, 4) is 11.5 Å². The summed E-state index contributed by atoms with van der Waals surface area (Å²) in [4.78, 5) is 0. The maximum absolute atomic E-state index is 12.4. The Morgan fingerprint density at radius 2 is 1.41 bits per heavy atom. The van der Waals surface area contributed by atoms with Crippen LogP contribution < -0.4 is 20.1 Å². The van der Waals surface area contributed by atoms with E-state index < -0.39 is 6.61 Å². The van der Waals surface area contributed by atoms with Gasteiger partial charge in [-0.05, 0) is 59.7 Å². The third-order valence-electron chi connectivity index (χ3n) is 4.19. The first-order valence-electron chi connectivity index (χ1n) is 8.86. The lowest BCUT2D eigenvalue weighted by Crippen LogP contribution is -2.33. The fourth-order valence-electron chi connectivity index (χ4n) is 2.82. The van der Waals surface area contributed by atoms with E-state index in [0.717, 1.165) is 22.6 Å². The first-order chi connectivity index (χ1) is 14.0. The summed E-state index contributed by atoms with van der Waals surface area (Å²) < 4.78 is 34.4. The highest BCUT2D eigenvalue weighted by molar-refractivity contribution is 7.80. The Morgan fingerprint density at radius 1 is 0.828 bits per heavy atom. The van der Waals surface area contributed by atoms with Gasteiger partial charge in [-0.1, -0.05) is 42.5 Å². The minimum atomic E-state index is -2.86. The van der Waals surface area contributed by atoms with Gasteiger partial charge >= 0.3 is 6.61 Å². The molecule has 3 aromatic carbocycles. The summed E-state index contributed by atoms with van der Waals surface area (Å²) in [5.74, 6) is 0.859. The minimum Gasteiger partial charge on any atom is -0.497 e. The molecule has 0 bridgehead atoms. The van der Waals surface area contributed by atoms with Crippen molar-refractivity contribution in [1.29, 1.82) is 0 Å². The average molecular weight is 414 g/mol. The molecule has 0 fully saturated rings. The molecule has 29 heavy (non-hydrogen) atoms. The predicted molar refractivity (Wildman–Crippen MR) is 114 cm³/mol. The highest BCUT2D eigenvalue weighted by Crippen LogP contribution is 2.25. The van der Waals surface area contributed by atoms with Gasteiger partial charge in [-0.2, -0.15) is 8.78 Å². The van der Waals surface area contributed by atoms with Gasteiger partial charge in [0.05, 0.1) is 13.2 Å². The number of alkyl halides is 2. The highest BCUT2D eigenvalue weighted by atomic mass is 32.1. The summed E-state index contributed by atoms with van der Waals surface area (Å²) in [5.41, 5.74) is 2.65. The number of methoxy groups -OCH3 is 1. The van der Waals surface area contributed by atoms with Gasteiger partial charge in [0.2, 0.25) is 0 Å². The van der Waals surface area contributed by atoms with Crippen LogP contribution in [0.25, 0.3) is 0 Å². The molecule has 0 heterocycles. The lowest BCUT2D eigenvalue weighted by atomic mass is 9.99. The van der Waals surface area contributed by atoms with Crippen molar-refractivity contribution < 1.29 is 18.3 Å². The van der Waals surface area contributed by atoms with E-state index in [9.17, 15) is 8.78 Å². The maximum atomic E-state index is 12.4. The predicted octanol–water partition coefficient (Wildman–Crippen LogP) is 5.37. The normalized spacial score (nSPS) is 11.6. The number of ether oxygens (including phenoxy) is 2. The molecule has 1 atom stereocenters. The molecule has 7 heteroatoms. The minimum absolute atomic E-state index is 0.106. The molecular formula is C22H20F2N2O2S. The van der Waals surface area contributed by atoms with E-state index in [1.807, 2.05) is 54.6 Å². The molecule has 3 rings (SSSR count). The van der Waals surface area contributed by atoms with E-state index in [0.29, 0.717) is 5.11 Å². The van der Waals surface area contributed by atoms with E-state index in [-0.39, 0.29) is 11.8 Å². The Bertz CT molecular complexity index is 920. The fraction of sp³-hybridized carbons (Fsp3) is 0.136. The van der Waals surface area contributed by atoms with Crippen molar-refractivity contribution in [2.45, 2.75) is 12.7 Å². The number of anilines is 1. The zero-order valence-corrected chi connectivity index (χ0v) is 16.5. The van der Waals surface area contributed by atoms with E-state index in [1.165, 1.54) is 12.1 Å². The average Bonchev–Trinajstić information content (AvgIpc) is 2.73. The first-order valence-corrected chi connectivity index (χ1v) is 9.27. The van der Waals surface area contributed by atoms with Gasteiger partial charge in [-0.3, -0.25) is 0 Å². The molecule has 150 valence electrons. The topological polar surface area (TPSA) is 42.5 Å². The lowest BCUT2D eigenvalue weighted by molar-refractivity contribution is -0.0498. The smallest absolute Gasteiger partial charge is 0.387 e. The summed E-state index contributed by atoms with van der Waals surface area (Å²) in [7, 11) is 1.61. The number of hydrogen-bond donors (Lipinski definition) is 2. The molecule has 2 N–H and O–H groups in total. The third-order valence-corrected chi connectivity index (χ3v) is 4.41. The van der Waals surface area contributed by atoms with Crippen molar-refractivity contribution in [2.24, 2.45) is 0 Å². The summed E-state index contributed by atoms with van der Waals surface area (Å²) in [6.45, 7) is -2.86. The molecule has 0 amide bonds. The van der Waals surface area contributed by atoms with Crippen LogP contribution in [0.1, 0.15) is 17.2 Å². The van der Waals surface area contributed by atoms with E-state index in [4.69, 9.17) is 17.0 Å². The summed E-state index contributed by atoms with van der Waals surface area (Å²) in [6, 6.07) is 23.3. The van der Waals surface area contributed by atoms with Crippen LogP contribution in [-0.4, -0.2) is 18.8 Å². The number of benzene rings is 3. The van der Waals surface area contributed by atoms with Crippen LogP contribution in [0.3, 0.4) is 0 Å². The molecule has 0 radical (unpaired) electrons. The molecule has 0 aromatic heterocycles. The Hall–Kier alpha value is -3.19. The summed E-state index contributed by atoms with van der Waals surface area (Å²) in [5, 5.41) is 6.86. The quantitative estimate of drug-likeness (QED) is 0.509. The number of rotatable bonds is 7. The van der Waals surface area contributed by atoms with Crippen LogP contribution in [0, 0.1) is 0 Å². The molecule has 0 aliphatic heterocycles. The second-order valence-electron chi connectivity index (χ2n) is 6.12. The second kappa shape index (κ2) is 9.84. The molecule has 0 unspecified atom stereocenters. The largest absolute Gasteiger partial charge is 0.497 e. The molecule has 0 aliphatic carbocycles. The Balaban J connectivity index is 1.77. The van der Waals surface area contributed by atoms with Gasteiger partial charge in [-0.25, -0.2) is 0 Å². The molecule has 4 nitrogen and oxygen atoms in total. The zero-order valence-electron chi connectivity index (χ0n) is 15.6. The van der Waals surface area contributed by atoms with Crippen LogP contribution in [0.2, 0.25) is 0 Å². The monoisotopic (exact) mass is 414 g/mol. The zero-order chi connectivity index (χ0) is 20.6. The lowest BCUT2D eigenvalue weighted by Gasteiger charge is -2.22. The van der Waals surface area contributed by atoms with Gasteiger partial charge in [0, 0.05) is 5.69 Å². The molecule has 3 aromatic rings. The van der Waals surface area contributed by atoms with Crippen LogP contribution in [-0.2, 0) is 0 Å². The Morgan fingerprint density at radius 3 is 2.00 bits per heavy atom. The Labute approximate surface area is 173 Å². The number of hydrogen-bond acceptors (Lipinski definition) is 3. The van der Waals surface area contributed by atoms with Gasteiger partial charge in [0.15, 0.2) is 5.11 Å². The number of nitrogens with one attached hydrogen (secondary N) is 2. The van der Waals surface area contributed by atoms with Gasteiger partial charge in [0.25, 0.3) is 0 Å². The maximum Gasteiger partial charge on any atom is 0.387 e. The molecule has 0 saturated carbocycles. The van der Waals surface area contributed by atoms with Crippen molar-refractivity contribution in [3.05, 3.63) is 90.0 Å². The van der Waals surface area contributed by atoms with Gasteiger partial charge in [-0.15, -0.1) is 0 Å². The number of halogens is 2. The van der Waals surface area contributed by atoms with E-state index in [1.54, 1.807) is 19.2 Å². The number of thiocarbonyl (C=S) groups is 1. The van der Waals surface area contributed by atoms with Crippen LogP contribution in [0.15, 0.2) is 78.9 Å². The van der Waals surface area contributed by atoms with Crippen LogP contribution >= 0.6 is 12.2 Å². The van der Waals surface area contributed by atoms with Crippen LogP contribution in [0.5, 0.6) is 11.5 Å². The van der Waals surface area contributed by atoms with Crippen molar-refractivity contribution in [3.63, 3.8) is 0 Å². The summed E-state index contributed by atoms with van der Waals surface area (Å²) in [6.07, 6.45) is 0. The molecule has 0 spiro atoms. The van der Waals surface area contributed by atoms with E-state index >= 15 is 0 Å². The third kappa shape index (κ3) is 5.89. The van der Waals surface area contributed by atoms with E-state index in [2.05, 4.69) is 15.4 Å². The molecule has 0 saturated heterocycles. The van der Waals surface area contributed by atoms with Gasteiger partial charge < -0.3 is 20.1 Å². The van der Waals surface area contributed by atoms with Crippen molar-refractivity contribution in [1.82, 2.24) is 5.32 Å². The molecule has 0 aliphatic rings. The van der Waals surface area contributed by atoms with Crippen molar-refractivity contribution in [2.75, 3.05) is 12.4 Å². The summed E-state index contributed by atoms with van der Waals surface area (Å²) >= 11 is 5.48. The first kappa shape index (κ1) is 20.5. The fourth-order valence-corrected chi connectivity index (χ4v) is 3.05. The standard InChI is InChI=1S/C22H20F2N2O2S/c1-27-18-13-9-17(10-14-18)25-22(29)26-20(15-5-3-2-4-6-15)16-7-11-19(12-8-16)28-21(23)24/h2-14,20-21H,1H3,(H2,25,26,29)/t20-/m0/s1. The highest BCUT2D eigenvalue weighted by Gasteiger charge is 2.16. The van der Waals surface area contributed by atoms with Crippen LogP contribution in [0.4, 0.5) is 14.5 Å². The SMILES string of the molecule is COc1ccc(NC(=S)N[C@@H](c2ccccc2)c2ccc(OC(F)F)cc2)cc1. The molecular weight excluding hydrogens is 394 g/mol. The Kier molecular flexibility index (Phi) is 6.97. The van der Waals surface area contributed by atoms with Crippen molar-refractivity contribution >= 4 is 23.0 Å². The second-order valence-corrected chi connectivity index (χ2v) is 6.53. The van der Waals surface area contributed by atoms with Gasteiger partial charge in [0.1, 0.15) is 11.5 Å².